The number of nitrogens with zero attached hydrogens (tertiary/aromatic N) is 3. The monoisotopic (exact) mass is 448 g/mol. The van der Waals surface area contributed by atoms with E-state index in [1.807, 2.05) is 6.07 Å². The summed E-state index contributed by atoms with van der Waals surface area (Å²) in [7, 11) is 1.58. The predicted molar refractivity (Wildman–Crippen MR) is 122 cm³/mol. The van der Waals surface area contributed by atoms with Gasteiger partial charge in [0.2, 0.25) is 5.36 Å². The number of halogens is 2. The Bertz CT molecular complexity index is 1130. The molecule has 0 N–H and O–H groups in total. The van der Waals surface area contributed by atoms with Crippen molar-refractivity contribution in [3.8, 4) is 16.3 Å². The van der Waals surface area contributed by atoms with Gasteiger partial charge in [0, 0.05) is 18.2 Å². The summed E-state index contributed by atoms with van der Waals surface area (Å²) in [6, 6.07) is 10.3. The van der Waals surface area contributed by atoms with Crippen molar-refractivity contribution >= 4 is 44.8 Å². The molecule has 2 bridgehead atoms. The second kappa shape index (κ2) is 7.38. The van der Waals surface area contributed by atoms with Gasteiger partial charge in [0.1, 0.15) is 5.02 Å². The summed E-state index contributed by atoms with van der Waals surface area (Å²) in [5.74, 6) is 0.510. The van der Waals surface area contributed by atoms with Crippen LogP contribution in [-0.4, -0.2) is 48.2 Å². The van der Waals surface area contributed by atoms with Crippen LogP contribution in [0.25, 0.3) is 20.8 Å². The Labute approximate surface area is 184 Å². The van der Waals surface area contributed by atoms with Crippen LogP contribution in [0, 0.1) is 0 Å². The minimum absolute atomic E-state index is 0.485. The van der Waals surface area contributed by atoms with E-state index in [1.54, 1.807) is 18.4 Å². The Balaban J connectivity index is 1.63. The topological polar surface area (TPSA) is 28.4 Å². The van der Waals surface area contributed by atoms with E-state index >= 15 is 0 Å². The maximum absolute atomic E-state index is 6.57. The largest absolute Gasteiger partial charge is 0.494 e. The molecule has 152 valence electrons. The Morgan fingerprint density at radius 2 is 1.90 bits per heavy atom. The molecule has 5 rings (SSSR count). The predicted octanol–water partition coefficient (Wildman–Crippen LogP) is 4.74. The number of hydrogen-bond acceptors (Lipinski definition) is 4. The van der Waals surface area contributed by atoms with Gasteiger partial charge in [0.05, 0.1) is 45.0 Å². The van der Waals surface area contributed by atoms with Crippen LogP contribution in [0.4, 0.5) is 0 Å². The smallest absolute Gasteiger partial charge is 0.201 e. The van der Waals surface area contributed by atoms with Crippen LogP contribution in [0.3, 0.4) is 0 Å². The van der Waals surface area contributed by atoms with Crippen molar-refractivity contribution < 1.29 is 4.74 Å². The van der Waals surface area contributed by atoms with Gasteiger partial charge in [-0.1, -0.05) is 23.2 Å². The minimum Gasteiger partial charge on any atom is -0.494 e. The lowest BCUT2D eigenvalue weighted by Crippen LogP contribution is -2.56. The van der Waals surface area contributed by atoms with Gasteiger partial charge in [-0.15, -0.1) is 11.3 Å². The van der Waals surface area contributed by atoms with Crippen molar-refractivity contribution in [1.82, 2.24) is 14.5 Å². The second-order valence-corrected chi connectivity index (χ2v) is 10.1. The van der Waals surface area contributed by atoms with E-state index in [-0.39, 0.29) is 0 Å². The van der Waals surface area contributed by atoms with E-state index in [0.717, 1.165) is 33.9 Å². The number of aromatic nitrogens is 1. The number of benzene rings is 2. The zero-order chi connectivity index (χ0) is 20.3. The maximum atomic E-state index is 6.57. The third-order valence-electron chi connectivity index (χ3n) is 6.21. The average Bonchev–Trinajstić information content (AvgIpc) is 2.97. The molecule has 0 radical (unpaired) electrons. The molecule has 4 nitrogen and oxygen atoms in total. The normalized spacial score (nSPS) is 22.2. The summed E-state index contributed by atoms with van der Waals surface area (Å²) in [5, 5.41) is 2.29. The lowest BCUT2D eigenvalue weighted by atomic mass is 10.1. The molecule has 4 aliphatic rings. The SMILES string of the molecule is COc1c(Cl)cc2nc3ccc(=[N+]4CC5CCC(C4)N5C(C)C)cc-3sc2c1Cl. The fraction of sp³-hybridized carbons (Fsp3) is 0.455. The van der Waals surface area contributed by atoms with Crippen LogP contribution in [0.15, 0.2) is 24.3 Å². The van der Waals surface area contributed by atoms with E-state index in [1.165, 1.54) is 18.2 Å². The first kappa shape index (κ1) is 19.6. The van der Waals surface area contributed by atoms with E-state index in [4.69, 9.17) is 32.9 Å². The summed E-state index contributed by atoms with van der Waals surface area (Å²) < 4.78 is 8.82. The van der Waals surface area contributed by atoms with E-state index in [2.05, 4.69) is 41.5 Å². The number of methoxy groups -OCH3 is 1. The molecule has 7 heteroatoms. The van der Waals surface area contributed by atoms with Crippen LogP contribution >= 0.6 is 34.5 Å². The van der Waals surface area contributed by atoms with Crippen LogP contribution < -0.4 is 14.7 Å². The van der Waals surface area contributed by atoms with Crippen LogP contribution in [0.2, 0.25) is 10.0 Å². The number of ether oxygens (including phenoxy) is 1. The van der Waals surface area contributed by atoms with Crippen LogP contribution in [0.1, 0.15) is 26.7 Å². The molecular weight excluding hydrogens is 425 g/mol. The van der Waals surface area contributed by atoms with Gasteiger partial charge in [0.15, 0.2) is 18.8 Å². The highest BCUT2D eigenvalue weighted by Crippen LogP contribution is 2.42. The first-order chi connectivity index (χ1) is 14.0. The zero-order valence-electron chi connectivity index (χ0n) is 16.8. The molecule has 1 aromatic carbocycles. The van der Waals surface area contributed by atoms with Gasteiger partial charge in [-0.05, 0) is 38.8 Å². The van der Waals surface area contributed by atoms with Crippen LogP contribution in [-0.2, 0) is 0 Å². The molecule has 2 fully saturated rings. The van der Waals surface area contributed by atoms with Gasteiger partial charge < -0.3 is 4.74 Å². The van der Waals surface area contributed by atoms with E-state index in [9.17, 15) is 0 Å². The van der Waals surface area contributed by atoms with Crippen molar-refractivity contribution in [2.75, 3.05) is 20.2 Å². The molecule has 2 atom stereocenters. The summed E-state index contributed by atoms with van der Waals surface area (Å²) in [6.45, 7) is 6.82. The highest BCUT2D eigenvalue weighted by molar-refractivity contribution is 7.22. The number of fused-ring (bicyclic) bond motifs is 4. The third kappa shape index (κ3) is 3.23. The maximum Gasteiger partial charge on any atom is 0.201 e. The number of piperazine rings is 1. The molecule has 0 amide bonds. The number of hydrogen-bond donors (Lipinski definition) is 0. The van der Waals surface area contributed by atoms with Crippen molar-refractivity contribution in [1.29, 1.82) is 0 Å². The second-order valence-electron chi connectivity index (χ2n) is 8.25. The van der Waals surface area contributed by atoms with Crippen molar-refractivity contribution in [3.63, 3.8) is 0 Å². The summed E-state index contributed by atoms with van der Waals surface area (Å²) in [5.41, 5.74) is 1.77. The van der Waals surface area contributed by atoms with E-state index in [0.29, 0.717) is 33.9 Å². The fourth-order valence-electron chi connectivity index (χ4n) is 5.04. The summed E-state index contributed by atoms with van der Waals surface area (Å²) in [4.78, 5) is 8.64. The highest BCUT2D eigenvalue weighted by Gasteiger charge is 2.43. The highest BCUT2D eigenvalue weighted by atomic mass is 35.5. The molecule has 3 heterocycles. The van der Waals surface area contributed by atoms with E-state index < -0.39 is 0 Å². The Hall–Kier alpha value is -1.40. The average molecular weight is 449 g/mol. The summed E-state index contributed by atoms with van der Waals surface area (Å²) in [6.07, 6.45) is 2.61. The molecule has 0 spiro atoms. The van der Waals surface area contributed by atoms with Crippen molar-refractivity contribution in [2.24, 2.45) is 0 Å². The van der Waals surface area contributed by atoms with Crippen LogP contribution in [0.5, 0.6) is 5.75 Å². The quantitative estimate of drug-likeness (QED) is 0.418. The fourth-order valence-corrected chi connectivity index (χ4v) is 6.77. The zero-order valence-corrected chi connectivity index (χ0v) is 19.1. The Kier molecular flexibility index (Phi) is 4.98. The number of rotatable bonds is 2. The Morgan fingerprint density at radius 3 is 2.55 bits per heavy atom. The molecule has 2 saturated heterocycles. The standard InChI is InChI=1S/C22H24Cl2N3OS/c1-12(2)27-14-4-5-15(27)11-26(10-14)13-6-7-17-19(8-13)29-22-18(25-17)9-16(23)21(28-3)20(22)24/h6-9,12,14-15H,4-5,10-11H2,1-3H3/q+1. The van der Waals surface area contributed by atoms with Gasteiger partial charge in [0.25, 0.3) is 0 Å². The summed E-state index contributed by atoms with van der Waals surface area (Å²) >= 11 is 14.5. The molecular formula is C22H24Cl2N3OS+. The molecule has 1 aromatic rings. The lowest BCUT2D eigenvalue weighted by Gasteiger charge is -2.35. The Morgan fingerprint density at radius 1 is 1.17 bits per heavy atom. The molecule has 29 heavy (non-hydrogen) atoms. The first-order valence-electron chi connectivity index (χ1n) is 10.1. The molecule has 2 unspecified atom stereocenters. The minimum atomic E-state index is 0.485. The van der Waals surface area contributed by atoms with Gasteiger partial charge in [-0.2, -0.15) is 0 Å². The molecule has 1 aliphatic carbocycles. The lowest BCUT2D eigenvalue weighted by molar-refractivity contribution is 0.104. The van der Waals surface area contributed by atoms with Gasteiger partial charge >= 0.3 is 0 Å². The molecule has 0 saturated carbocycles. The van der Waals surface area contributed by atoms with Gasteiger partial charge in [-0.3, -0.25) is 4.90 Å². The molecule has 0 aromatic heterocycles. The third-order valence-corrected chi connectivity index (χ3v) is 8.13. The molecule has 3 aliphatic heterocycles. The first-order valence-corrected chi connectivity index (χ1v) is 11.7. The van der Waals surface area contributed by atoms with Crippen molar-refractivity contribution in [3.05, 3.63) is 39.7 Å². The van der Waals surface area contributed by atoms with Crippen molar-refractivity contribution in [2.45, 2.75) is 44.8 Å². The van der Waals surface area contributed by atoms with Gasteiger partial charge in [-0.25, -0.2) is 9.56 Å².